The van der Waals surface area contributed by atoms with E-state index in [2.05, 4.69) is 34.1 Å². The molecule has 2 bridgehead atoms. The van der Waals surface area contributed by atoms with Crippen molar-refractivity contribution in [3.05, 3.63) is 34.3 Å². The second-order valence-corrected chi connectivity index (χ2v) is 6.40. The molecule has 0 radical (unpaired) electrons. The van der Waals surface area contributed by atoms with Crippen molar-refractivity contribution in [1.82, 2.24) is 0 Å². The highest BCUT2D eigenvalue weighted by Crippen LogP contribution is 2.63. The average molecular weight is 309 g/mol. The third kappa shape index (κ3) is 1.71. The molecule has 3 aliphatic carbocycles. The third-order valence-corrected chi connectivity index (χ3v) is 5.01. The van der Waals surface area contributed by atoms with Gasteiger partial charge in [-0.1, -0.05) is 28.1 Å². The fraction of sp³-hybridized carbons (Fsp3) is 0.533. The smallest absolute Gasteiger partial charge is 0.309 e. The van der Waals surface area contributed by atoms with Crippen LogP contribution in [0.4, 0.5) is 0 Å². The minimum absolute atomic E-state index is 0.00234. The van der Waals surface area contributed by atoms with Gasteiger partial charge in [-0.25, -0.2) is 0 Å². The lowest BCUT2D eigenvalue weighted by Crippen LogP contribution is -2.40. The molecule has 0 aliphatic heterocycles. The van der Waals surface area contributed by atoms with E-state index in [1.165, 1.54) is 5.56 Å². The number of carbonyl (C=O) groups excluding carboxylic acids is 1. The molecule has 1 aromatic carbocycles. The van der Waals surface area contributed by atoms with Crippen LogP contribution < -0.4 is 0 Å². The number of halogens is 1. The Kier molecular flexibility index (Phi) is 2.97. The molecule has 18 heavy (non-hydrogen) atoms. The molecule has 3 saturated carbocycles. The minimum atomic E-state index is -0.00234. The summed E-state index contributed by atoms with van der Waals surface area (Å²) in [6, 6.07) is 8.40. The molecule has 1 aromatic rings. The Balaban J connectivity index is 1.92. The van der Waals surface area contributed by atoms with Gasteiger partial charge < -0.3 is 4.74 Å². The molecule has 3 heteroatoms. The van der Waals surface area contributed by atoms with Gasteiger partial charge in [0.25, 0.3) is 0 Å². The van der Waals surface area contributed by atoms with E-state index in [-0.39, 0.29) is 17.3 Å². The van der Waals surface area contributed by atoms with E-state index in [1.807, 2.05) is 13.0 Å². The molecule has 0 heterocycles. The monoisotopic (exact) mass is 308 g/mol. The fourth-order valence-electron chi connectivity index (χ4n) is 3.78. The van der Waals surface area contributed by atoms with Gasteiger partial charge in [-0.3, -0.25) is 4.79 Å². The lowest BCUT2D eigenvalue weighted by Gasteiger charge is -2.41. The van der Waals surface area contributed by atoms with Gasteiger partial charge in [0.1, 0.15) is 0 Å². The van der Waals surface area contributed by atoms with Crippen molar-refractivity contribution < 1.29 is 9.53 Å². The van der Waals surface area contributed by atoms with Gasteiger partial charge in [0.05, 0.1) is 12.5 Å². The first-order valence-corrected chi connectivity index (χ1v) is 7.37. The number of hydrogen-bond acceptors (Lipinski definition) is 2. The number of hydrogen-bond donors (Lipinski definition) is 0. The first-order chi connectivity index (χ1) is 8.65. The second-order valence-electron chi connectivity index (χ2n) is 5.48. The molecular weight excluding hydrogens is 292 g/mol. The zero-order valence-electron chi connectivity index (χ0n) is 10.5. The number of rotatable bonds is 3. The van der Waals surface area contributed by atoms with E-state index in [1.54, 1.807) is 0 Å². The topological polar surface area (TPSA) is 26.3 Å². The van der Waals surface area contributed by atoms with Crippen LogP contribution in [0.15, 0.2) is 28.7 Å². The molecule has 3 aliphatic rings. The summed E-state index contributed by atoms with van der Waals surface area (Å²) in [4.78, 5) is 12.1. The van der Waals surface area contributed by atoms with Crippen molar-refractivity contribution in [2.75, 3.05) is 6.61 Å². The van der Waals surface area contributed by atoms with Crippen LogP contribution in [0.5, 0.6) is 0 Å². The molecule has 1 unspecified atom stereocenters. The maximum Gasteiger partial charge on any atom is 0.309 e. The summed E-state index contributed by atoms with van der Waals surface area (Å²) < 4.78 is 6.34. The highest BCUT2D eigenvalue weighted by molar-refractivity contribution is 9.10. The summed E-state index contributed by atoms with van der Waals surface area (Å²) in [7, 11) is 0. The van der Waals surface area contributed by atoms with Gasteiger partial charge in [0.2, 0.25) is 0 Å². The number of esters is 1. The Hall–Kier alpha value is -0.830. The molecule has 4 rings (SSSR count). The van der Waals surface area contributed by atoms with Crippen molar-refractivity contribution >= 4 is 21.9 Å². The summed E-state index contributed by atoms with van der Waals surface area (Å²) in [5.41, 5.74) is 1.35. The third-order valence-electron chi connectivity index (χ3n) is 4.51. The van der Waals surface area contributed by atoms with Crippen LogP contribution in [-0.4, -0.2) is 12.6 Å². The van der Waals surface area contributed by atoms with E-state index < -0.39 is 0 Å². The zero-order valence-corrected chi connectivity index (χ0v) is 12.1. The molecular formula is C15H17BrO2. The largest absolute Gasteiger partial charge is 0.466 e. The van der Waals surface area contributed by atoms with E-state index in [0.29, 0.717) is 6.61 Å². The minimum Gasteiger partial charge on any atom is -0.466 e. The molecule has 1 atom stereocenters. The van der Waals surface area contributed by atoms with E-state index in [9.17, 15) is 4.79 Å². The summed E-state index contributed by atoms with van der Waals surface area (Å²) in [5.74, 6) is 0.785. The Morgan fingerprint density at radius 3 is 2.94 bits per heavy atom. The van der Waals surface area contributed by atoms with Crippen molar-refractivity contribution in [1.29, 1.82) is 0 Å². The van der Waals surface area contributed by atoms with Crippen LogP contribution in [0.25, 0.3) is 0 Å². The molecule has 3 fully saturated rings. The number of ether oxygens (including phenoxy) is 1. The lowest BCUT2D eigenvalue weighted by molar-refractivity contribution is -0.149. The molecule has 0 spiro atoms. The highest BCUT2D eigenvalue weighted by atomic mass is 79.9. The summed E-state index contributed by atoms with van der Waals surface area (Å²) >= 11 is 3.52. The van der Waals surface area contributed by atoms with Gasteiger partial charge in [0.15, 0.2) is 0 Å². The molecule has 0 saturated heterocycles. The molecule has 0 amide bonds. The maximum atomic E-state index is 12.1. The predicted molar refractivity (Wildman–Crippen MR) is 73.3 cm³/mol. The van der Waals surface area contributed by atoms with Crippen LogP contribution >= 0.6 is 15.9 Å². The molecule has 2 nitrogen and oxygen atoms in total. The highest BCUT2D eigenvalue weighted by Gasteiger charge is 2.60. The quantitative estimate of drug-likeness (QED) is 0.796. The summed E-state index contributed by atoms with van der Waals surface area (Å²) in [5, 5.41) is 0. The van der Waals surface area contributed by atoms with Crippen LogP contribution in [0.2, 0.25) is 0 Å². The average Bonchev–Trinajstić information content (AvgIpc) is 2.84. The molecule has 0 N–H and O–H groups in total. The standard InChI is InChI=1S/C15H17BrO2/c1-2-18-14(17)13-6-10-8-15(13,9-10)11-4-3-5-12(16)7-11/h3-5,7,10,13H,2,6,8-9H2,1H3. The fourth-order valence-corrected chi connectivity index (χ4v) is 4.18. The van der Waals surface area contributed by atoms with Gasteiger partial charge >= 0.3 is 5.97 Å². The SMILES string of the molecule is CCOC(=O)C1CC2CC1(c1cccc(Br)c1)C2. The normalized spacial score (nSPS) is 33.0. The van der Waals surface area contributed by atoms with E-state index >= 15 is 0 Å². The number of benzene rings is 1. The van der Waals surface area contributed by atoms with Gasteiger partial charge in [-0.2, -0.15) is 0 Å². The first kappa shape index (κ1) is 12.2. The van der Waals surface area contributed by atoms with Crippen molar-refractivity contribution in [2.24, 2.45) is 11.8 Å². The van der Waals surface area contributed by atoms with Gasteiger partial charge in [0, 0.05) is 9.89 Å². The molecule has 96 valence electrons. The first-order valence-electron chi connectivity index (χ1n) is 6.58. The van der Waals surface area contributed by atoms with Gasteiger partial charge in [-0.15, -0.1) is 0 Å². The van der Waals surface area contributed by atoms with Crippen LogP contribution in [0, 0.1) is 11.8 Å². The summed E-state index contributed by atoms with van der Waals surface area (Å²) in [6.07, 6.45) is 3.30. The Morgan fingerprint density at radius 2 is 2.28 bits per heavy atom. The second kappa shape index (κ2) is 4.37. The number of carbonyl (C=O) groups is 1. The zero-order chi connectivity index (χ0) is 12.8. The van der Waals surface area contributed by atoms with E-state index in [4.69, 9.17) is 4.74 Å². The van der Waals surface area contributed by atoms with Crippen LogP contribution in [-0.2, 0) is 14.9 Å². The van der Waals surface area contributed by atoms with Crippen molar-refractivity contribution in [3.8, 4) is 0 Å². The van der Waals surface area contributed by atoms with Crippen LogP contribution in [0.3, 0.4) is 0 Å². The Bertz CT molecular complexity index is 477. The van der Waals surface area contributed by atoms with Crippen molar-refractivity contribution in [2.45, 2.75) is 31.6 Å². The maximum absolute atomic E-state index is 12.1. The Morgan fingerprint density at radius 1 is 1.50 bits per heavy atom. The Labute approximate surface area is 116 Å². The number of fused-ring (bicyclic) bond motifs is 1. The lowest BCUT2D eigenvalue weighted by atomic mass is 9.62. The van der Waals surface area contributed by atoms with Gasteiger partial charge in [-0.05, 0) is 49.8 Å². The van der Waals surface area contributed by atoms with Crippen LogP contribution in [0.1, 0.15) is 31.7 Å². The molecule has 0 aromatic heterocycles. The summed E-state index contributed by atoms with van der Waals surface area (Å²) in [6.45, 7) is 2.36. The van der Waals surface area contributed by atoms with E-state index in [0.717, 1.165) is 29.7 Å². The van der Waals surface area contributed by atoms with Crippen molar-refractivity contribution in [3.63, 3.8) is 0 Å². The predicted octanol–water partition coefficient (Wildman–Crippen LogP) is 3.68.